The van der Waals surface area contributed by atoms with Crippen LogP contribution in [0.15, 0.2) is 10.3 Å². The minimum Gasteiger partial charge on any atom is -0.391 e. The maximum absolute atomic E-state index is 12.4. The van der Waals surface area contributed by atoms with Crippen LogP contribution in [0.4, 0.5) is 0 Å². The van der Waals surface area contributed by atoms with Crippen molar-refractivity contribution < 1.29 is 13.5 Å². The Morgan fingerprint density at radius 3 is 2.33 bits per heavy atom. The Hall–Kier alpha value is -0.430. The molecular weight excluding hydrogens is 270 g/mol. The van der Waals surface area contributed by atoms with E-state index < -0.39 is 10.0 Å². The van der Waals surface area contributed by atoms with Gasteiger partial charge in [0.15, 0.2) is 0 Å². The van der Waals surface area contributed by atoms with E-state index in [9.17, 15) is 8.42 Å². The average Bonchev–Trinajstić information content (AvgIpc) is 2.72. The minimum absolute atomic E-state index is 0.0231. The summed E-state index contributed by atoms with van der Waals surface area (Å²) in [5, 5.41) is 9.14. The lowest BCUT2D eigenvalue weighted by Gasteiger charge is -2.24. The molecule has 0 unspecified atom stereocenters. The van der Waals surface area contributed by atoms with Crippen LogP contribution in [0.5, 0.6) is 0 Å². The van der Waals surface area contributed by atoms with Gasteiger partial charge in [-0.25, -0.2) is 8.42 Å². The SMILES string of the molecule is CCC(CC)N(C)S(=O)(=O)c1cc(C)c(CO)s1. The predicted octanol–water partition coefficient (Wildman–Crippen LogP) is 2.36. The topological polar surface area (TPSA) is 57.6 Å². The summed E-state index contributed by atoms with van der Waals surface area (Å²) >= 11 is 1.15. The number of hydrogen-bond donors (Lipinski definition) is 1. The largest absolute Gasteiger partial charge is 0.391 e. The van der Waals surface area contributed by atoms with Gasteiger partial charge in [-0.15, -0.1) is 11.3 Å². The summed E-state index contributed by atoms with van der Waals surface area (Å²) in [5.74, 6) is 0. The molecule has 0 aromatic carbocycles. The summed E-state index contributed by atoms with van der Waals surface area (Å²) in [4.78, 5) is 0.714. The van der Waals surface area contributed by atoms with Crippen LogP contribution in [0.3, 0.4) is 0 Å². The van der Waals surface area contributed by atoms with Crippen molar-refractivity contribution in [2.24, 2.45) is 0 Å². The number of aryl methyl sites for hydroxylation is 1. The van der Waals surface area contributed by atoms with Crippen LogP contribution in [-0.4, -0.2) is 30.9 Å². The van der Waals surface area contributed by atoms with Gasteiger partial charge in [0.1, 0.15) is 4.21 Å². The van der Waals surface area contributed by atoms with Crippen molar-refractivity contribution in [2.45, 2.75) is 50.5 Å². The van der Waals surface area contributed by atoms with Gasteiger partial charge in [0.05, 0.1) is 6.61 Å². The lowest BCUT2D eigenvalue weighted by molar-refractivity contribution is 0.285. The molecule has 1 rings (SSSR count). The molecule has 0 saturated heterocycles. The molecule has 0 bridgehead atoms. The quantitative estimate of drug-likeness (QED) is 0.875. The summed E-state index contributed by atoms with van der Waals surface area (Å²) in [5.41, 5.74) is 0.832. The molecule has 0 aliphatic rings. The average molecular weight is 291 g/mol. The van der Waals surface area contributed by atoms with Crippen LogP contribution in [0.2, 0.25) is 0 Å². The van der Waals surface area contributed by atoms with E-state index in [0.29, 0.717) is 9.09 Å². The van der Waals surface area contributed by atoms with Crippen LogP contribution in [-0.2, 0) is 16.6 Å². The summed E-state index contributed by atoms with van der Waals surface area (Å²) in [6.45, 7) is 5.68. The van der Waals surface area contributed by atoms with Gasteiger partial charge in [0.2, 0.25) is 0 Å². The molecule has 0 spiro atoms. The molecular formula is C12H21NO3S2. The first kappa shape index (κ1) is 15.6. The monoisotopic (exact) mass is 291 g/mol. The zero-order chi connectivity index (χ0) is 13.9. The van der Waals surface area contributed by atoms with E-state index in [1.54, 1.807) is 13.1 Å². The van der Waals surface area contributed by atoms with Crippen molar-refractivity contribution in [3.8, 4) is 0 Å². The Kier molecular flexibility index (Phi) is 5.33. The van der Waals surface area contributed by atoms with Gasteiger partial charge in [-0.1, -0.05) is 13.8 Å². The number of hydrogen-bond acceptors (Lipinski definition) is 4. The third kappa shape index (κ3) is 2.93. The molecule has 1 aromatic heterocycles. The predicted molar refractivity (Wildman–Crippen MR) is 74.3 cm³/mol. The van der Waals surface area contributed by atoms with E-state index in [2.05, 4.69) is 0 Å². The van der Waals surface area contributed by atoms with Crippen LogP contribution < -0.4 is 0 Å². The number of nitrogens with zero attached hydrogens (tertiary/aromatic N) is 1. The van der Waals surface area contributed by atoms with Gasteiger partial charge in [0.25, 0.3) is 10.0 Å². The second-order valence-corrected chi connectivity index (χ2v) is 7.68. The normalized spacial score (nSPS) is 12.6. The maximum Gasteiger partial charge on any atom is 0.252 e. The highest BCUT2D eigenvalue weighted by Crippen LogP contribution is 2.29. The van der Waals surface area contributed by atoms with Gasteiger partial charge in [-0.2, -0.15) is 4.31 Å². The molecule has 6 heteroatoms. The van der Waals surface area contributed by atoms with E-state index in [4.69, 9.17) is 5.11 Å². The first-order valence-corrected chi connectivity index (χ1v) is 8.32. The van der Waals surface area contributed by atoms with Gasteiger partial charge < -0.3 is 5.11 Å². The standard InChI is InChI=1S/C12H21NO3S2/c1-5-10(6-2)13(4)18(15,16)12-7-9(3)11(8-14)17-12/h7,10,14H,5-6,8H2,1-4H3. The Morgan fingerprint density at radius 2 is 1.94 bits per heavy atom. The lowest BCUT2D eigenvalue weighted by Crippen LogP contribution is -2.35. The zero-order valence-electron chi connectivity index (χ0n) is 11.3. The van der Waals surface area contributed by atoms with Crippen molar-refractivity contribution >= 4 is 21.4 Å². The van der Waals surface area contributed by atoms with Gasteiger partial charge in [-0.3, -0.25) is 0 Å². The number of rotatable bonds is 6. The molecule has 18 heavy (non-hydrogen) atoms. The fourth-order valence-electron chi connectivity index (χ4n) is 1.91. The number of aliphatic hydroxyl groups excluding tert-OH is 1. The smallest absolute Gasteiger partial charge is 0.252 e. The van der Waals surface area contributed by atoms with Crippen LogP contribution in [0, 0.1) is 6.92 Å². The third-order valence-corrected chi connectivity index (χ3v) is 6.81. The second-order valence-electron chi connectivity index (χ2n) is 4.32. The minimum atomic E-state index is -3.43. The number of sulfonamides is 1. The van der Waals surface area contributed by atoms with Crippen molar-refractivity contribution in [1.29, 1.82) is 0 Å². The Labute approximate surface area is 113 Å². The molecule has 1 aromatic rings. The van der Waals surface area contributed by atoms with Crippen LogP contribution >= 0.6 is 11.3 Å². The Morgan fingerprint density at radius 1 is 1.39 bits per heavy atom. The van der Waals surface area contributed by atoms with E-state index in [1.165, 1.54) is 4.31 Å². The zero-order valence-corrected chi connectivity index (χ0v) is 12.9. The molecule has 0 aliphatic carbocycles. The van der Waals surface area contributed by atoms with E-state index >= 15 is 0 Å². The Balaban J connectivity index is 3.12. The molecule has 0 amide bonds. The molecule has 0 saturated carbocycles. The van der Waals surface area contributed by atoms with Crippen molar-refractivity contribution in [3.05, 3.63) is 16.5 Å². The van der Waals surface area contributed by atoms with E-state index in [0.717, 1.165) is 29.7 Å². The third-order valence-electron chi connectivity index (χ3n) is 3.23. The Bertz CT molecular complexity index is 489. The highest BCUT2D eigenvalue weighted by atomic mass is 32.2. The summed E-state index contributed by atoms with van der Waals surface area (Å²) in [6, 6.07) is 1.67. The summed E-state index contributed by atoms with van der Waals surface area (Å²) in [7, 11) is -1.81. The second kappa shape index (κ2) is 6.14. The lowest BCUT2D eigenvalue weighted by atomic mass is 10.2. The fraction of sp³-hybridized carbons (Fsp3) is 0.667. The summed E-state index contributed by atoms with van der Waals surface area (Å²) in [6.07, 6.45) is 1.59. The van der Waals surface area contributed by atoms with Crippen molar-refractivity contribution in [1.82, 2.24) is 4.31 Å². The first-order chi connectivity index (χ1) is 8.38. The van der Waals surface area contributed by atoms with Crippen molar-refractivity contribution in [3.63, 3.8) is 0 Å². The van der Waals surface area contributed by atoms with Gasteiger partial charge >= 0.3 is 0 Å². The molecule has 104 valence electrons. The molecule has 0 atom stereocenters. The van der Waals surface area contributed by atoms with Gasteiger partial charge in [0, 0.05) is 18.0 Å². The van der Waals surface area contributed by atoms with Gasteiger partial charge in [-0.05, 0) is 31.4 Å². The molecule has 4 nitrogen and oxygen atoms in total. The van der Waals surface area contributed by atoms with E-state index in [1.807, 2.05) is 20.8 Å². The summed E-state index contributed by atoms with van der Waals surface area (Å²) < 4.78 is 26.6. The van der Waals surface area contributed by atoms with Crippen LogP contribution in [0.1, 0.15) is 37.1 Å². The van der Waals surface area contributed by atoms with Crippen molar-refractivity contribution in [2.75, 3.05) is 7.05 Å². The molecule has 0 fully saturated rings. The molecule has 1 heterocycles. The molecule has 0 radical (unpaired) electrons. The maximum atomic E-state index is 12.4. The number of thiophene rings is 1. The molecule has 1 N–H and O–H groups in total. The van der Waals surface area contributed by atoms with E-state index in [-0.39, 0.29) is 12.6 Å². The molecule has 0 aliphatic heterocycles. The highest BCUT2D eigenvalue weighted by Gasteiger charge is 2.28. The van der Waals surface area contributed by atoms with Crippen LogP contribution in [0.25, 0.3) is 0 Å². The fourth-order valence-corrected chi connectivity index (χ4v) is 5.05. The number of aliphatic hydroxyl groups is 1. The first-order valence-electron chi connectivity index (χ1n) is 6.06. The highest BCUT2D eigenvalue weighted by molar-refractivity contribution is 7.91.